The van der Waals surface area contributed by atoms with Crippen molar-refractivity contribution in [3.05, 3.63) is 11.8 Å². The Hall–Kier alpha value is -1.07. The minimum atomic E-state index is -1.57. The molecule has 0 aromatic heterocycles. The summed E-state index contributed by atoms with van der Waals surface area (Å²) in [5, 5.41) is 49.9. The molecule has 9 atom stereocenters. The number of hydrogen-bond acceptors (Lipinski definition) is 9. The number of rotatable bonds is 4. The van der Waals surface area contributed by atoms with E-state index < -0.39 is 55.1 Å². The monoisotopic (exact) mass is 360 g/mol. The van der Waals surface area contributed by atoms with Gasteiger partial charge in [0.05, 0.1) is 24.4 Å². The van der Waals surface area contributed by atoms with E-state index >= 15 is 0 Å². The second kappa shape index (κ2) is 6.92. The summed E-state index contributed by atoms with van der Waals surface area (Å²) in [4.78, 5) is 11.2. The molecule has 2 heterocycles. The topological polar surface area (TPSA) is 146 Å². The van der Waals surface area contributed by atoms with Crippen molar-refractivity contribution in [3.8, 4) is 0 Å². The van der Waals surface area contributed by atoms with Gasteiger partial charge < -0.3 is 39.7 Å². The van der Waals surface area contributed by atoms with E-state index in [1.165, 1.54) is 0 Å². The standard InChI is InChI=1S/C16H24O9/c1-7-2-3-16(22)8(4-17)6-23-14(10(7)16)25-15-13(21)12(20)11(19)9(5-18)24-15/h4,6-7,9-15,18-22H,2-3,5H2,1H3/t7-,9+,10?,11+,12+,13-,14-,15-,16-/m0/s1. The molecule has 0 radical (unpaired) electrons. The molecule has 142 valence electrons. The molecule has 1 aliphatic carbocycles. The zero-order chi connectivity index (χ0) is 18.4. The van der Waals surface area contributed by atoms with Gasteiger partial charge in [0, 0.05) is 0 Å². The van der Waals surface area contributed by atoms with Crippen molar-refractivity contribution < 1.29 is 44.5 Å². The van der Waals surface area contributed by atoms with Crippen molar-refractivity contribution in [2.75, 3.05) is 6.61 Å². The minimum Gasteiger partial charge on any atom is -0.471 e. The third-order valence-electron chi connectivity index (χ3n) is 5.51. The summed E-state index contributed by atoms with van der Waals surface area (Å²) in [5.74, 6) is -0.589. The lowest BCUT2D eigenvalue weighted by Gasteiger charge is -2.44. The van der Waals surface area contributed by atoms with E-state index in [0.29, 0.717) is 19.1 Å². The molecule has 0 bridgehead atoms. The predicted molar refractivity (Wildman–Crippen MR) is 80.7 cm³/mol. The molecule has 3 rings (SSSR count). The molecular formula is C16H24O9. The lowest BCUT2D eigenvalue weighted by atomic mass is 9.80. The molecule has 1 saturated carbocycles. The molecule has 3 aliphatic rings. The first-order valence-electron chi connectivity index (χ1n) is 8.33. The van der Waals surface area contributed by atoms with Gasteiger partial charge in [-0.1, -0.05) is 6.92 Å². The third kappa shape index (κ3) is 2.99. The highest BCUT2D eigenvalue weighted by Crippen LogP contribution is 2.49. The summed E-state index contributed by atoms with van der Waals surface area (Å²) in [6.07, 6.45) is -5.40. The van der Waals surface area contributed by atoms with E-state index in [-0.39, 0.29) is 11.5 Å². The Morgan fingerprint density at radius 3 is 2.64 bits per heavy atom. The second-order valence-electron chi connectivity index (χ2n) is 6.99. The van der Waals surface area contributed by atoms with Gasteiger partial charge in [0.15, 0.2) is 12.6 Å². The van der Waals surface area contributed by atoms with E-state index in [1.807, 2.05) is 6.92 Å². The van der Waals surface area contributed by atoms with Gasteiger partial charge in [-0.15, -0.1) is 0 Å². The second-order valence-corrected chi connectivity index (χ2v) is 6.99. The van der Waals surface area contributed by atoms with Crippen LogP contribution < -0.4 is 0 Å². The Morgan fingerprint density at radius 1 is 1.28 bits per heavy atom. The number of hydrogen-bond donors (Lipinski definition) is 5. The van der Waals surface area contributed by atoms with Crippen LogP contribution in [0.4, 0.5) is 0 Å². The highest BCUT2D eigenvalue weighted by molar-refractivity contribution is 5.76. The summed E-state index contributed by atoms with van der Waals surface area (Å²) < 4.78 is 16.4. The molecule has 5 N–H and O–H groups in total. The fourth-order valence-electron chi connectivity index (χ4n) is 3.98. The average Bonchev–Trinajstić information content (AvgIpc) is 2.91. The van der Waals surface area contributed by atoms with Gasteiger partial charge in [-0.2, -0.15) is 0 Å². The van der Waals surface area contributed by atoms with Crippen LogP contribution in [0.5, 0.6) is 0 Å². The molecule has 0 amide bonds. The molecule has 2 aliphatic heterocycles. The normalized spacial score (nSPS) is 49.9. The lowest BCUT2D eigenvalue weighted by molar-refractivity contribution is -0.346. The van der Waals surface area contributed by atoms with Crippen LogP contribution in [-0.4, -0.2) is 81.0 Å². The summed E-state index contributed by atoms with van der Waals surface area (Å²) in [7, 11) is 0. The molecule has 0 aromatic rings. The van der Waals surface area contributed by atoms with Crippen LogP contribution in [-0.2, 0) is 19.0 Å². The number of aliphatic hydroxyl groups is 5. The van der Waals surface area contributed by atoms with E-state index in [0.717, 1.165) is 6.26 Å². The Kier molecular flexibility index (Phi) is 5.18. The van der Waals surface area contributed by atoms with E-state index in [9.17, 15) is 30.3 Å². The number of aldehydes is 1. The first-order chi connectivity index (χ1) is 11.8. The average molecular weight is 360 g/mol. The fraction of sp³-hybridized carbons (Fsp3) is 0.812. The van der Waals surface area contributed by atoms with Gasteiger partial charge in [0.25, 0.3) is 0 Å². The van der Waals surface area contributed by atoms with E-state index in [2.05, 4.69) is 0 Å². The van der Waals surface area contributed by atoms with Crippen molar-refractivity contribution in [2.45, 2.75) is 62.4 Å². The predicted octanol–water partition coefficient (Wildman–Crippen LogP) is -1.98. The maximum Gasteiger partial charge on any atom is 0.207 e. The Morgan fingerprint density at radius 2 is 2.00 bits per heavy atom. The van der Waals surface area contributed by atoms with Gasteiger partial charge in [-0.3, -0.25) is 4.79 Å². The summed E-state index contributed by atoms with van der Waals surface area (Å²) in [6, 6.07) is 0. The van der Waals surface area contributed by atoms with Crippen LogP contribution in [0.3, 0.4) is 0 Å². The first kappa shape index (κ1) is 18.7. The van der Waals surface area contributed by atoms with Gasteiger partial charge >= 0.3 is 0 Å². The molecule has 0 spiro atoms. The molecule has 9 heteroatoms. The Bertz CT molecular complexity index is 536. The van der Waals surface area contributed by atoms with Crippen LogP contribution in [0.1, 0.15) is 19.8 Å². The SMILES string of the molecule is C[C@H]1CC[C@]2(O)C(C=O)=CO[C@@H](O[C@@H]3O[C@H](CO)[C@@H](O)[C@@H](O)[C@@H]3O)C12. The van der Waals surface area contributed by atoms with E-state index in [1.54, 1.807) is 0 Å². The zero-order valence-corrected chi connectivity index (χ0v) is 13.8. The fourth-order valence-corrected chi connectivity index (χ4v) is 3.98. The Balaban J connectivity index is 1.80. The third-order valence-corrected chi connectivity index (χ3v) is 5.51. The number of carbonyl (C=O) groups excluding carboxylic acids is 1. The van der Waals surface area contributed by atoms with Crippen LogP contribution in [0.25, 0.3) is 0 Å². The van der Waals surface area contributed by atoms with Crippen LogP contribution in [0, 0.1) is 11.8 Å². The Labute approximate surface area is 144 Å². The molecule has 1 saturated heterocycles. The molecule has 9 nitrogen and oxygen atoms in total. The van der Waals surface area contributed by atoms with Crippen molar-refractivity contribution in [3.63, 3.8) is 0 Å². The van der Waals surface area contributed by atoms with E-state index in [4.69, 9.17) is 14.2 Å². The molecular weight excluding hydrogens is 336 g/mol. The zero-order valence-electron chi connectivity index (χ0n) is 13.8. The maximum atomic E-state index is 11.2. The van der Waals surface area contributed by atoms with Crippen molar-refractivity contribution in [1.29, 1.82) is 0 Å². The highest BCUT2D eigenvalue weighted by Gasteiger charge is 2.56. The van der Waals surface area contributed by atoms with Crippen LogP contribution >= 0.6 is 0 Å². The van der Waals surface area contributed by atoms with Gasteiger partial charge in [-0.25, -0.2) is 0 Å². The molecule has 2 fully saturated rings. The summed E-state index contributed by atoms with van der Waals surface area (Å²) >= 11 is 0. The molecule has 25 heavy (non-hydrogen) atoms. The highest BCUT2D eigenvalue weighted by atomic mass is 16.8. The van der Waals surface area contributed by atoms with Crippen molar-refractivity contribution in [2.24, 2.45) is 11.8 Å². The van der Waals surface area contributed by atoms with Crippen molar-refractivity contribution >= 4 is 6.29 Å². The summed E-state index contributed by atoms with van der Waals surface area (Å²) in [5.41, 5.74) is -1.26. The first-order valence-corrected chi connectivity index (χ1v) is 8.33. The van der Waals surface area contributed by atoms with Crippen LogP contribution in [0.2, 0.25) is 0 Å². The molecule has 0 aromatic carbocycles. The quantitative estimate of drug-likeness (QED) is 0.360. The van der Waals surface area contributed by atoms with Gasteiger partial charge in [-0.05, 0) is 18.8 Å². The molecule has 1 unspecified atom stereocenters. The van der Waals surface area contributed by atoms with Gasteiger partial charge in [0.1, 0.15) is 30.0 Å². The number of fused-ring (bicyclic) bond motifs is 1. The maximum absolute atomic E-state index is 11.2. The largest absolute Gasteiger partial charge is 0.471 e. The number of aliphatic hydroxyl groups excluding tert-OH is 4. The minimum absolute atomic E-state index is 0.0245. The number of ether oxygens (including phenoxy) is 3. The number of carbonyl (C=O) groups is 1. The van der Waals surface area contributed by atoms with Crippen LogP contribution in [0.15, 0.2) is 11.8 Å². The van der Waals surface area contributed by atoms with Crippen molar-refractivity contribution in [1.82, 2.24) is 0 Å². The lowest BCUT2D eigenvalue weighted by Crippen LogP contribution is -2.61. The van der Waals surface area contributed by atoms with Gasteiger partial charge in [0.2, 0.25) is 6.29 Å². The smallest absolute Gasteiger partial charge is 0.207 e. The summed E-state index contributed by atoms with van der Waals surface area (Å²) in [6.45, 7) is 1.32.